The van der Waals surface area contributed by atoms with Gasteiger partial charge >= 0.3 is 0 Å². The topological polar surface area (TPSA) is 69.0 Å². The van der Waals surface area contributed by atoms with Gasteiger partial charge in [-0.3, -0.25) is 0 Å². The van der Waals surface area contributed by atoms with Crippen molar-refractivity contribution in [2.24, 2.45) is 0 Å². The summed E-state index contributed by atoms with van der Waals surface area (Å²) in [5.74, 6) is 0.872. The van der Waals surface area contributed by atoms with E-state index in [1.165, 1.54) is 4.68 Å². The Bertz CT molecular complexity index is 503. The van der Waals surface area contributed by atoms with Gasteiger partial charge in [0.2, 0.25) is 11.2 Å². The quantitative estimate of drug-likeness (QED) is 0.799. The first-order valence-corrected chi connectivity index (χ1v) is 5.70. The number of hydrogen-bond acceptors (Lipinski definition) is 6. The molecule has 2 aromatic heterocycles. The molecule has 0 unspecified atom stereocenters. The number of aromatic nitrogens is 5. The lowest BCUT2D eigenvalue weighted by atomic mass is 10.6. The highest BCUT2D eigenvalue weighted by atomic mass is 35.5. The van der Waals surface area contributed by atoms with E-state index in [0.717, 1.165) is 0 Å². The molecule has 0 aliphatic rings. The van der Waals surface area contributed by atoms with Gasteiger partial charge in [-0.25, -0.2) is 4.68 Å². The molecule has 96 valence electrons. The van der Waals surface area contributed by atoms with Gasteiger partial charge in [-0.2, -0.15) is 20.1 Å². The lowest BCUT2D eigenvalue weighted by molar-refractivity contribution is 0.206. The summed E-state index contributed by atoms with van der Waals surface area (Å²) in [6, 6.07) is 1.78. The van der Waals surface area contributed by atoms with Crippen molar-refractivity contribution in [3.05, 3.63) is 23.7 Å². The van der Waals surface area contributed by atoms with Crippen LogP contribution in [0.4, 0.5) is 5.95 Å². The summed E-state index contributed by atoms with van der Waals surface area (Å²) in [5.41, 5.74) is 0. The van der Waals surface area contributed by atoms with Crippen LogP contribution in [-0.2, 0) is 4.74 Å². The molecule has 0 radical (unpaired) electrons. The largest absolute Gasteiger partial charge is 0.383 e. The molecular weight excluding hydrogens is 256 g/mol. The molecule has 18 heavy (non-hydrogen) atoms. The minimum absolute atomic E-state index is 0.134. The van der Waals surface area contributed by atoms with Gasteiger partial charge in [0.05, 0.1) is 6.61 Å². The molecule has 0 N–H and O–H groups in total. The molecule has 8 heteroatoms. The van der Waals surface area contributed by atoms with Gasteiger partial charge in [-0.15, -0.1) is 0 Å². The fraction of sp³-hybridized carbons (Fsp3) is 0.400. The first-order valence-electron chi connectivity index (χ1n) is 5.32. The summed E-state index contributed by atoms with van der Waals surface area (Å²) >= 11 is 5.88. The number of likely N-dealkylation sites (N-methyl/N-ethyl adjacent to an activating group) is 1. The predicted molar refractivity (Wildman–Crippen MR) is 67.1 cm³/mol. The van der Waals surface area contributed by atoms with E-state index in [-0.39, 0.29) is 5.28 Å². The molecule has 0 aromatic carbocycles. The van der Waals surface area contributed by atoms with E-state index in [2.05, 4.69) is 20.1 Å². The van der Waals surface area contributed by atoms with Crippen molar-refractivity contribution in [1.82, 2.24) is 24.7 Å². The first-order chi connectivity index (χ1) is 8.70. The number of nitrogens with zero attached hydrogens (tertiary/aromatic N) is 6. The van der Waals surface area contributed by atoms with Gasteiger partial charge in [0.15, 0.2) is 0 Å². The zero-order valence-corrected chi connectivity index (χ0v) is 10.9. The second kappa shape index (κ2) is 5.74. The number of ether oxygens (including phenoxy) is 1. The van der Waals surface area contributed by atoms with Crippen LogP contribution in [0.15, 0.2) is 18.5 Å². The van der Waals surface area contributed by atoms with Crippen LogP contribution in [0.5, 0.6) is 0 Å². The fourth-order valence-electron chi connectivity index (χ4n) is 1.32. The predicted octanol–water partition coefficient (Wildman–Crippen LogP) is 0.793. The maximum atomic E-state index is 5.88. The molecular formula is C10H13ClN6O. The molecule has 7 nitrogen and oxygen atoms in total. The standard InChI is InChI=1S/C10H13ClN6O/c1-16(6-7-18-2)9-13-8(11)14-10(15-9)17-5-3-4-12-17/h3-5H,6-7H2,1-2H3. The Labute approximate surface area is 109 Å². The van der Waals surface area contributed by atoms with Crippen molar-refractivity contribution in [2.45, 2.75) is 0 Å². The average molecular weight is 269 g/mol. The maximum absolute atomic E-state index is 5.88. The van der Waals surface area contributed by atoms with Gasteiger partial charge in [-0.1, -0.05) is 0 Å². The second-order valence-corrected chi connectivity index (χ2v) is 3.91. The Hall–Kier alpha value is -1.73. The van der Waals surface area contributed by atoms with E-state index in [9.17, 15) is 0 Å². The number of anilines is 1. The lowest BCUT2D eigenvalue weighted by Crippen LogP contribution is -2.25. The van der Waals surface area contributed by atoms with Crippen LogP contribution in [0.1, 0.15) is 0 Å². The minimum Gasteiger partial charge on any atom is -0.383 e. The van der Waals surface area contributed by atoms with Crippen molar-refractivity contribution in [3.63, 3.8) is 0 Å². The summed E-state index contributed by atoms with van der Waals surface area (Å²) in [6.45, 7) is 1.24. The van der Waals surface area contributed by atoms with Crippen LogP contribution in [-0.4, -0.2) is 52.0 Å². The van der Waals surface area contributed by atoms with Gasteiger partial charge in [-0.05, 0) is 17.7 Å². The van der Waals surface area contributed by atoms with E-state index < -0.39 is 0 Å². The molecule has 0 atom stereocenters. The van der Waals surface area contributed by atoms with Gasteiger partial charge < -0.3 is 9.64 Å². The van der Waals surface area contributed by atoms with Crippen molar-refractivity contribution in [2.75, 3.05) is 32.2 Å². The Balaban J connectivity index is 2.26. The van der Waals surface area contributed by atoms with E-state index >= 15 is 0 Å². The lowest BCUT2D eigenvalue weighted by Gasteiger charge is -2.16. The number of methoxy groups -OCH3 is 1. The molecule has 0 amide bonds. The third-order valence-corrected chi connectivity index (χ3v) is 2.44. The smallest absolute Gasteiger partial charge is 0.256 e. The van der Waals surface area contributed by atoms with Crippen molar-refractivity contribution in [3.8, 4) is 5.95 Å². The maximum Gasteiger partial charge on any atom is 0.256 e. The summed E-state index contributed by atoms with van der Waals surface area (Å²) < 4.78 is 6.53. The average Bonchev–Trinajstić information content (AvgIpc) is 2.89. The Morgan fingerprint density at radius 1 is 1.39 bits per heavy atom. The van der Waals surface area contributed by atoms with Crippen LogP contribution in [0.2, 0.25) is 5.28 Å². The molecule has 0 aliphatic carbocycles. The summed E-state index contributed by atoms with van der Waals surface area (Å²) in [5, 5.41) is 4.19. The third-order valence-electron chi connectivity index (χ3n) is 2.27. The Kier molecular flexibility index (Phi) is 4.06. The molecule has 2 rings (SSSR count). The van der Waals surface area contributed by atoms with Crippen molar-refractivity contribution in [1.29, 1.82) is 0 Å². The van der Waals surface area contributed by atoms with Crippen LogP contribution in [0, 0.1) is 0 Å². The van der Waals surface area contributed by atoms with E-state index in [4.69, 9.17) is 16.3 Å². The SMILES string of the molecule is COCCN(C)c1nc(Cl)nc(-n2cccn2)n1. The van der Waals surface area contributed by atoms with Crippen molar-refractivity contribution >= 4 is 17.5 Å². The van der Waals surface area contributed by atoms with Crippen LogP contribution in [0.25, 0.3) is 5.95 Å². The molecule has 0 saturated heterocycles. The van der Waals surface area contributed by atoms with E-state index in [1.54, 1.807) is 25.6 Å². The molecule has 0 bridgehead atoms. The monoisotopic (exact) mass is 268 g/mol. The molecule has 0 spiro atoms. The second-order valence-electron chi connectivity index (χ2n) is 3.57. The number of hydrogen-bond donors (Lipinski definition) is 0. The van der Waals surface area contributed by atoms with Gasteiger partial charge in [0, 0.05) is 33.1 Å². The third kappa shape index (κ3) is 2.93. The highest BCUT2D eigenvalue weighted by molar-refractivity contribution is 6.28. The van der Waals surface area contributed by atoms with Gasteiger partial charge in [0.25, 0.3) is 5.95 Å². The highest BCUT2D eigenvalue weighted by Crippen LogP contribution is 2.11. The van der Waals surface area contributed by atoms with E-state index in [1.807, 2.05) is 11.9 Å². The fourth-order valence-corrected chi connectivity index (χ4v) is 1.47. The normalized spacial score (nSPS) is 10.6. The van der Waals surface area contributed by atoms with Crippen LogP contribution in [0.3, 0.4) is 0 Å². The summed E-state index contributed by atoms with van der Waals surface area (Å²) in [4.78, 5) is 14.2. The summed E-state index contributed by atoms with van der Waals surface area (Å²) in [7, 11) is 3.50. The van der Waals surface area contributed by atoms with Crippen LogP contribution < -0.4 is 4.90 Å². The zero-order valence-electron chi connectivity index (χ0n) is 10.1. The Morgan fingerprint density at radius 2 is 2.22 bits per heavy atom. The Morgan fingerprint density at radius 3 is 2.89 bits per heavy atom. The minimum atomic E-state index is 0.134. The van der Waals surface area contributed by atoms with Gasteiger partial charge in [0.1, 0.15) is 0 Å². The van der Waals surface area contributed by atoms with E-state index in [0.29, 0.717) is 25.0 Å². The molecule has 0 fully saturated rings. The molecule has 0 aliphatic heterocycles. The first kappa shape index (κ1) is 12.7. The van der Waals surface area contributed by atoms with Crippen molar-refractivity contribution < 1.29 is 4.74 Å². The highest BCUT2D eigenvalue weighted by Gasteiger charge is 2.10. The molecule has 2 heterocycles. The molecule has 0 saturated carbocycles. The van der Waals surface area contributed by atoms with Crippen LogP contribution >= 0.6 is 11.6 Å². The number of halogens is 1. The molecule has 2 aromatic rings. The number of rotatable bonds is 5. The zero-order chi connectivity index (χ0) is 13.0. The summed E-state index contributed by atoms with van der Waals surface area (Å²) in [6.07, 6.45) is 3.39.